The van der Waals surface area contributed by atoms with Crippen LogP contribution in [0, 0.1) is 0 Å². The molecule has 0 bridgehead atoms. The Hall–Kier alpha value is -2.99. The van der Waals surface area contributed by atoms with Crippen molar-refractivity contribution in [2.45, 2.75) is 45.6 Å². The first-order chi connectivity index (χ1) is 14.5. The summed E-state index contributed by atoms with van der Waals surface area (Å²) in [6, 6.07) is 14.0. The zero-order chi connectivity index (χ0) is 21.3. The van der Waals surface area contributed by atoms with Gasteiger partial charge in [0, 0.05) is 5.02 Å². The highest BCUT2D eigenvalue weighted by molar-refractivity contribution is 6.30. The average molecular weight is 424 g/mol. The fourth-order valence-corrected chi connectivity index (χ4v) is 3.98. The number of hydrogen-bond donors (Lipinski definition) is 2. The molecular formula is C23H24ClN4O2+. The molecule has 2 aromatic heterocycles. The molecule has 0 aliphatic rings. The number of fused-ring (bicyclic) bond motifs is 2. The van der Waals surface area contributed by atoms with Gasteiger partial charge < -0.3 is 0 Å². The summed E-state index contributed by atoms with van der Waals surface area (Å²) in [6.45, 7) is 4.92. The number of benzene rings is 2. The van der Waals surface area contributed by atoms with E-state index in [4.69, 9.17) is 11.6 Å². The monoisotopic (exact) mass is 423 g/mol. The highest BCUT2D eigenvalue weighted by atomic mass is 35.5. The number of halogens is 1. The van der Waals surface area contributed by atoms with Crippen LogP contribution in [0.1, 0.15) is 43.7 Å². The van der Waals surface area contributed by atoms with E-state index >= 15 is 0 Å². The number of nitrogens with zero attached hydrogens (tertiary/aromatic N) is 2. The van der Waals surface area contributed by atoms with Gasteiger partial charge in [-0.15, -0.1) is 0 Å². The molecule has 7 heteroatoms. The molecular weight excluding hydrogens is 400 g/mol. The van der Waals surface area contributed by atoms with Crippen LogP contribution in [0.25, 0.3) is 22.2 Å². The Balaban J connectivity index is 1.81. The van der Waals surface area contributed by atoms with Crippen molar-refractivity contribution < 1.29 is 4.57 Å². The second kappa shape index (κ2) is 8.40. The van der Waals surface area contributed by atoms with Crippen molar-refractivity contribution in [2.75, 3.05) is 0 Å². The maximum atomic E-state index is 12.4. The van der Waals surface area contributed by atoms with Crippen LogP contribution in [0.5, 0.6) is 0 Å². The summed E-state index contributed by atoms with van der Waals surface area (Å²) in [7, 11) is 0. The number of aryl methyl sites for hydroxylation is 2. The topological polar surface area (TPSA) is 82.5 Å². The third kappa shape index (κ3) is 4.00. The van der Waals surface area contributed by atoms with Gasteiger partial charge in [-0.25, -0.2) is 14.3 Å². The predicted molar refractivity (Wildman–Crippen MR) is 119 cm³/mol. The Kier molecular flexibility index (Phi) is 5.68. The lowest BCUT2D eigenvalue weighted by atomic mass is 9.98. The molecule has 4 rings (SSSR count). The second-order valence-corrected chi connectivity index (χ2v) is 8.12. The van der Waals surface area contributed by atoms with E-state index in [1.807, 2.05) is 41.0 Å². The molecule has 6 nitrogen and oxygen atoms in total. The molecule has 1 unspecified atom stereocenters. The zero-order valence-corrected chi connectivity index (χ0v) is 17.8. The smallest absolute Gasteiger partial charge is 0.267 e. The number of hydrogen-bond acceptors (Lipinski definition) is 3. The van der Waals surface area contributed by atoms with Crippen LogP contribution in [-0.4, -0.2) is 15.0 Å². The van der Waals surface area contributed by atoms with E-state index in [2.05, 4.69) is 34.9 Å². The van der Waals surface area contributed by atoms with Crippen molar-refractivity contribution in [3.63, 3.8) is 0 Å². The summed E-state index contributed by atoms with van der Waals surface area (Å²) in [5.41, 5.74) is 3.71. The van der Waals surface area contributed by atoms with Gasteiger partial charge in [-0.2, -0.15) is 4.98 Å². The number of rotatable bonds is 6. The number of aromatic amines is 2. The van der Waals surface area contributed by atoms with Crippen molar-refractivity contribution in [2.24, 2.45) is 0 Å². The molecule has 0 radical (unpaired) electrons. The Morgan fingerprint density at radius 2 is 1.87 bits per heavy atom. The van der Waals surface area contributed by atoms with Gasteiger partial charge in [0.2, 0.25) is 5.52 Å². The van der Waals surface area contributed by atoms with Gasteiger partial charge in [0.15, 0.2) is 5.52 Å². The third-order valence-electron chi connectivity index (χ3n) is 5.49. The third-order valence-corrected chi connectivity index (χ3v) is 5.75. The molecule has 0 aliphatic heterocycles. The SMILES string of the molecule is CCCc1ccc2c(c1)nc1c(=O)[nH]c(=O)[nH]c1[n+]2CCC(C)c1ccc(Cl)cc1. The number of H-pyrrole nitrogens is 2. The number of nitrogens with one attached hydrogen (secondary N) is 2. The Morgan fingerprint density at radius 1 is 1.10 bits per heavy atom. The molecule has 0 aliphatic carbocycles. The highest BCUT2D eigenvalue weighted by Gasteiger charge is 2.19. The van der Waals surface area contributed by atoms with E-state index in [1.165, 1.54) is 11.1 Å². The van der Waals surface area contributed by atoms with Crippen LogP contribution in [0.15, 0.2) is 52.1 Å². The van der Waals surface area contributed by atoms with Crippen molar-refractivity contribution >= 4 is 33.8 Å². The summed E-state index contributed by atoms with van der Waals surface area (Å²) >= 11 is 6.01. The van der Waals surface area contributed by atoms with E-state index in [0.29, 0.717) is 17.2 Å². The summed E-state index contributed by atoms with van der Waals surface area (Å²) in [5, 5.41) is 0.714. The van der Waals surface area contributed by atoms with Crippen molar-refractivity contribution in [3.8, 4) is 0 Å². The van der Waals surface area contributed by atoms with E-state index in [9.17, 15) is 9.59 Å². The van der Waals surface area contributed by atoms with E-state index < -0.39 is 11.2 Å². The summed E-state index contributed by atoms with van der Waals surface area (Å²) in [4.78, 5) is 34.0. The van der Waals surface area contributed by atoms with Crippen molar-refractivity contribution in [1.82, 2.24) is 15.0 Å². The molecule has 0 fully saturated rings. The minimum atomic E-state index is -0.532. The van der Waals surface area contributed by atoms with Gasteiger partial charge in [-0.3, -0.25) is 9.78 Å². The zero-order valence-electron chi connectivity index (χ0n) is 17.0. The van der Waals surface area contributed by atoms with Gasteiger partial charge in [0.1, 0.15) is 5.52 Å². The van der Waals surface area contributed by atoms with Crippen LogP contribution < -0.4 is 15.8 Å². The molecule has 0 spiro atoms. The predicted octanol–water partition coefficient (Wildman–Crippen LogP) is 3.85. The fourth-order valence-electron chi connectivity index (χ4n) is 3.85. The first-order valence-electron chi connectivity index (χ1n) is 10.2. The standard InChI is InChI=1S/C23H23ClN4O2/c1-3-4-15-5-10-19-18(13-15)25-20-21(26-23(30)27-22(20)29)28(19)12-11-14(2)16-6-8-17(24)9-7-16/h5-10,13-14H,3-4,11-12H2,1-2H3,(H,27,29,30)/p+1. The Labute approximate surface area is 178 Å². The second-order valence-electron chi connectivity index (χ2n) is 7.68. The molecule has 2 heterocycles. The molecule has 0 saturated carbocycles. The van der Waals surface area contributed by atoms with Crippen LogP contribution in [-0.2, 0) is 13.0 Å². The van der Waals surface area contributed by atoms with Gasteiger partial charge in [0.05, 0.1) is 6.54 Å². The maximum Gasteiger partial charge on any atom is 0.413 e. The van der Waals surface area contributed by atoms with E-state index in [0.717, 1.165) is 30.3 Å². The van der Waals surface area contributed by atoms with Crippen LogP contribution in [0.3, 0.4) is 0 Å². The Morgan fingerprint density at radius 3 is 2.60 bits per heavy atom. The van der Waals surface area contributed by atoms with Crippen LogP contribution in [0.2, 0.25) is 5.02 Å². The molecule has 1 atom stereocenters. The normalized spacial score (nSPS) is 12.5. The molecule has 0 saturated heterocycles. The van der Waals surface area contributed by atoms with Crippen molar-refractivity contribution in [1.29, 1.82) is 0 Å². The molecule has 0 amide bonds. The quantitative estimate of drug-likeness (QED) is 0.365. The van der Waals surface area contributed by atoms with Crippen LogP contribution >= 0.6 is 11.6 Å². The van der Waals surface area contributed by atoms with Crippen LogP contribution in [0.4, 0.5) is 0 Å². The van der Waals surface area contributed by atoms with Gasteiger partial charge in [0.25, 0.3) is 5.56 Å². The minimum Gasteiger partial charge on any atom is -0.267 e. The molecule has 30 heavy (non-hydrogen) atoms. The summed E-state index contributed by atoms with van der Waals surface area (Å²) in [6.07, 6.45) is 2.81. The Bertz CT molecular complexity index is 1330. The average Bonchev–Trinajstić information content (AvgIpc) is 2.72. The maximum absolute atomic E-state index is 12.4. The molecule has 154 valence electrons. The summed E-state index contributed by atoms with van der Waals surface area (Å²) in [5.74, 6) is 0.279. The summed E-state index contributed by atoms with van der Waals surface area (Å²) < 4.78 is 2.00. The molecule has 4 aromatic rings. The van der Waals surface area contributed by atoms with E-state index in [1.54, 1.807) is 0 Å². The molecule has 2 aromatic carbocycles. The van der Waals surface area contributed by atoms with Gasteiger partial charge in [-0.05, 0) is 54.2 Å². The van der Waals surface area contributed by atoms with Gasteiger partial charge in [-0.1, -0.05) is 50.1 Å². The highest BCUT2D eigenvalue weighted by Crippen LogP contribution is 2.22. The lowest BCUT2D eigenvalue weighted by Crippen LogP contribution is -2.41. The lowest BCUT2D eigenvalue weighted by Gasteiger charge is -2.13. The first kappa shape index (κ1) is 20.3. The van der Waals surface area contributed by atoms with E-state index in [-0.39, 0.29) is 11.4 Å². The number of aromatic nitrogens is 4. The first-order valence-corrected chi connectivity index (χ1v) is 10.6. The largest absolute Gasteiger partial charge is 0.413 e. The van der Waals surface area contributed by atoms with Gasteiger partial charge >= 0.3 is 11.3 Å². The molecule has 2 N–H and O–H groups in total. The van der Waals surface area contributed by atoms with Crippen molar-refractivity contribution in [3.05, 3.63) is 79.5 Å². The minimum absolute atomic E-state index is 0.245. The fraction of sp³-hybridized carbons (Fsp3) is 0.304. The lowest BCUT2D eigenvalue weighted by molar-refractivity contribution is -0.648.